The van der Waals surface area contributed by atoms with Gasteiger partial charge >= 0.3 is 38.7 Å². The molecule has 0 atom stereocenters. The van der Waals surface area contributed by atoms with Gasteiger partial charge in [0.2, 0.25) is 0 Å². The average molecular weight is 428 g/mol. The first-order valence-electron chi connectivity index (χ1n) is 6.23. The summed E-state index contributed by atoms with van der Waals surface area (Å²) in [6.07, 6.45) is 3.00. The molecule has 2 aromatic rings. The number of carbonyl (C=O) groups is 1. The van der Waals surface area contributed by atoms with Crippen LogP contribution in [-0.4, -0.2) is 32.0 Å². The Labute approximate surface area is 166 Å². The van der Waals surface area contributed by atoms with Gasteiger partial charge in [0.25, 0.3) is 0 Å². The zero-order valence-electron chi connectivity index (χ0n) is 13.1. The Kier molecular flexibility index (Phi) is 9.61. The van der Waals surface area contributed by atoms with Crippen LogP contribution in [0.2, 0.25) is 0 Å². The van der Waals surface area contributed by atoms with E-state index < -0.39 is 15.8 Å². The molecule has 126 valence electrons. The minimum Gasteiger partial charge on any atom is -0.492 e. The van der Waals surface area contributed by atoms with Gasteiger partial charge in [-0.1, -0.05) is 30.3 Å². The number of hydrogen-bond acceptors (Lipinski definition) is 7. The molecule has 0 saturated heterocycles. The number of ether oxygens (including phenoxy) is 1. The first kappa shape index (κ1) is 22.9. The van der Waals surface area contributed by atoms with Crippen molar-refractivity contribution in [3.05, 3.63) is 55.6 Å². The summed E-state index contributed by atoms with van der Waals surface area (Å²) in [5.74, 6) is -0.985. The fraction of sp³-hybridized carbons (Fsp3) is 0.133. The summed E-state index contributed by atoms with van der Waals surface area (Å²) in [7, 11) is -3.42. The monoisotopic (exact) mass is 428 g/mol. The Hall–Kier alpha value is -1.06. The van der Waals surface area contributed by atoms with E-state index in [0.717, 1.165) is 5.39 Å². The predicted molar refractivity (Wildman–Crippen MR) is 85.3 cm³/mol. The summed E-state index contributed by atoms with van der Waals surface area (Å²) in [6, 6.07) is 10.3. The summed E-state index contributed by atoms with van der Waals surface area (Å²) >= 11 is 0. The van der Waals surface area contributed by atoms with Crippen LogP contribution in [-0.2, 0) is 47.4 Å². The van der Waals surface area contributed by atoms with Gasteiger partial charge in [-0.2, -0.15) is 0 Å². The molecule has 9 heteroatoms. The minimum atomic E-state index is -3.42. The van der Waals surface area contributed by atoms with Gasteiger partial charge in [-0.15, -0.1) is 0 Å². The van der Waals surface area contributed by atoms with Crippen molar-refractivity contribution in [2.45, 2.75) is 0 Å². The van der Waals surface area contributed by atoms with Crippen LogP contribution in [0.4, 0.5) is 0 Å². The fourth-order valence-electron chi connectivity index (χ4n) is 1.95. The first-order valence-corrected chi connectivity index (χ1v) is 8.05. The minimum absolute atomic E-state index is 0. The van der Waals surface area contributed by atoms with Gasteiger partial charge < -0.3 is 17.0 Å². The molecule has 0 saturated carbocycles. The van der Waals surface area contributed by atoms with Crippen LogP contribution in [0.15, 0.2) is 36.4 Å². The smallest absolute Gasteiger partial charge is 0.492 e. The van der Waals surface area contributed by atoms with E-state index >= 15 is 0 Å². The number of sulfone groups is 1. The molecule has 0 aliphatic rings. The van der Waals surface area contributed by atoms with Gasteiger partial charge in [0.15, 0.2) is 0 Å². The molecule has 7 nitrogen and oxygen atoms in total. The fourth-order valence-corrected chi connectivity index (χ4v) is 2.29. The molecule has 0 bridgehead atoms. The second kappa shape index (κ2) is 10.1. The second-order valence-corrected chi connectivity index (χ2v) is 6.33. The Bertz CT molecular complexity index is 794. The van der Waals surface area contributed by atoms with Crippen molar-refractivity contribution in [2.75, 3.05) is 12.4 Å². The SMILES string of the molecule is [CH2-]S(=O)(=O)CCOc1ccc2ccccc2c1C(=O)ONO.[CH3-].[Y+3]. The van der Waals surface area contributed by atoms with Crippen molar-refractivity contribution in [1.29, 1.82) is 0 Å². The van der Waals surface area contributed by atoms with E-state index in [4.69, 9.17) is 9.94 Å². The molecule has 0 unspecified atom stereocenters. The largest absolute Gasteiger partial charge is 3.00 e. The third kappa shape index (κ3) is 6.10. The van der Waals surface area contributed by atoms with Crippen molar-refractivity contribution in [3.63, 3.8) is 0 Å². The van der Waals surface area contributed by atoms with Crippen molar-refractivity contribution in [2.24, 2.45) is 0 Å². The number of carbonyl (C=O) groups excluding carboxylic acids is 1. The van der Waals surface area contributed by atoms with Gasteiger partial charge in [0, 0.05) is 15.2 Å². The van der Waals surface area contributed by atoms with E-state index in [-0.39, 0.29) is 63.8 Å². The summed E-state index contributed by atoms with van der Waals surface area (Å²) in [5.41, 5.74) is 1.41. The average Bonchev–Trinajstić information content (AvgIpc) is 2.45. The van der Waals surface area contributed by atoms with Crippen LogP contribution in [0, 0.1) is 13.7 Å². The van der Waals surface area contributed by atoms with E-state index in [2.05, 4.69) is 11.1 Å². The molecule has 24 heavy (non-hydrogen) atoms. The van der Waals surface area contributed by atoms with E-state index in [1.165, 1.54) is 11.7 Å². The van der Waals surface area contributed by atoms with Crippen molar-refractivity contribution in [1.82, 2.24) is 5.64 Å². The summed E-state index contributed by atoms with van der Waals surface area (Å²) in [4.78, 5) is 16.4. The van der Waals surface area contributed by atoms with Crippen LogP contribution in [0.1, 0.15) is 10.4 Å². The molecule has 0 heterocycles. The molecule has 2 aromatic carbocycles. The molecule has 2 rings (SSSR count). The topological polar surface area (TPSA) is 102 Å². The van der Waals surface area contributed by atoms with Crippen LogP contribution in [0.25, 0.3) is 10.8 Å². The molecular formula is C15H17NO6SY+. The molecule has 0 fully saturated rings. The molecule has 0 aliphatic heterocycles. The zero-order chi connectivity index (χ0) is 16.2. The van der Waals surface area contributed by atoms with Gasteiger partial charge in [0.05, 0.1) is 12.4 Å². The van der Waals surface area contributed by atoms with Gasteiger partial charge in [-0.3, -0.25) is 13.6 Å². The van der Waals surface area contributed by atoms with E-state index in [1.807, 2.05) is 0 Å². The second-order valence-electron chi connectivity index (χ2n) is 4.44. The zero-order valence-corrected chi connectivity index (χ0v) is 16.7. The van der Waals surface area contributed by atoms with Crippen LogP contribution < -0.4 is 10.4 Å². The quantitative estimate of drug-likeness (QED) is 0.536. The number of rotatable bonds is 6. The van der Waals surface area contributed by atoms with Crippen molar-refractivity contribution in [3.8, 4) is 5.75 Å². The maximum absolute atomic E-state index is 12.0. The van der Waals surface area contributed by atoms with Crippen LogP contribution in [0.3, 0.4) is 0 Å². The van der Waals surface area contributed by atoms with Crippen LogP contribution in [0.5, 0.6) is 5.75 Å². The maximum atomic E-state index is 12.0. The van der Waals surface area contributed by atoms with E-state index in [0.29, 0.717) is 5.39 Å². The van der Waals surface area contributed by atoms with Crippen LogP contribution >= 0.6 is 0 Å². The molecule has 0 radical (unpaired) electrons. The van der Waals surface area contributed by atoms with Gasteiger partial charge in [-0.25, -0.2) is 11.1 Å². The van der Waals surface area contributed by atoms with Crippen molar-refractivity contribution < 1.29 is 60.7 Å². The molecular weight excluding hydrogens is 411 g/mol. The molecule has 0 amide bonds. The number of fused-ring (bicyclic) bond motifs is 1. The van der Waals surface area contributed by atoms with E-state index in [9.17, 15) is 13.2 Å². The van der Waals surface area contributed by atoms with Crippen molar-refractivity contribution >= 4 is 26.6 Å². The summed E-state index contributed by atoms with van der Waals surface area (Å²) in [6.45, 7) is -0.156. The Morgan fingerprint density at radius 3 is 2.50 bits per heavy atom. The standard InChI is InChI=1S/C14H14NO6S.CH3.Y/c1-22(18,19)9-8-20-12-7-6-10-4-2-3-5-11(10)13(12)14(16)21-15-17;;/h2-7,15,17H,1,8-9H2;1H3;/q2*-1;+3. The van der Waals surface area contributed by atoms with Gasteiger partial charge in [-0.05, 0) is 17.1 Å². The number of nitrogens with one attached hydrogen (secondary N) is 1. The Morgan fingerprint density at radius 2 is 1.88 bits per heavy atom. The third-order valence-electron chi connectivity index (χ3n) is 2.89. The number of hydrogen-bond donors (Lipinski definition) is 2. The molecule has 0 aliphatic carbocycles. The molecule has 0 spiro atoms. The molecule has 0 aromatic heterocycles. The number of benzene rings is 2. The van der Waals surface area contributed by atoms with Gasteiger partial charge in [0.1, 0.15) is 11.3 Å². The summed E-state index contributed by atoms with van der Waals surface area (Å²) < 4.78 is 27.4. The maximum Gasteiger partial charge on any atom is 3.00 e. The third-order valence-corrected chi connectivity index (χ3v) is 3.67. The Morgan fingerprint density at radius 1 is 1.21 bits per heavy atom. The molecule has 2 N–H and O–H groups in total. The summed E-state index contributed by atoms with van der Waals surface area (Å²) in [5, 5.41) is 9.84. The first-order chi connectivity index (χ1) is 10.4. The normalized spacial score (nSPS) is 10.4. The van der Waals surface area contributed by atoms with E-state index in [1.54, 1.807) is 30.3 Å². The Balaban J connectivity index is 0.00000264. The predicted octanol–water partition coefficient (Wildman–Crippen LogP) is 1.92.